The molecule has 1 saturated carbocycles. The zero-order valence-electron chi connectivity index (χ0n) is 11.3. The van der Waals surface area contributed by atoms with Crippen molar-refractivity contribution >= 4 is 27.5 Å². The molecule has 19 heavy (non-hydrogen) atoms. The zero-order chi connectivity index (χ0) is 13.8. The van der Waals surface area contributed by atoms with Gasteiger partial charge in [-0.2, -0.15) is 0 Å². The molecule has 3 heteroatoms. The van der Waals surface area contributed by atoms with Crippen molar-refractivity contribution in [3.8, 4) is 0 Å². The van der Waals surface area contributed by atoms with Crippen LogP contribution in [-0.4, -0.2) is 5.38 Å². The van der Waals surface area contributed by atoms with Crippen LogP contribution in [0.5, 0.6) is 0 Å². The number of hydrogen-bond acceptors (Lipinski definition) is 0. The molecule has 3 atom stereocenters. The van der Waals surface area contributed by atoms with Gasteiger partial charge in [0, 0.05) is 9.85 Å². The van der Waals surface area contributed by atoms with Gasteiger partial charge in [-0.3, -0.25) is 0 Å². The van der Waals surface area contributed by atoms with Gasteiger partial charge < -0.3 is 0 Å². The molecule has 2 rings (SSSR count). The molecule has 0 aliphatic heterocycles. The van der Waals surface area contributed by atoms with E-state index in [1.165, 1.54) is 31.7 Å². The van der Waals surface area contributed by atoms with Crippen LogP contribution in [0.3, 0.4) is 0 Å². The highest BCUT2D eigenvalue weighted by Gasteiger charge is 2.28. The molecule has 0 amide bonds. The van der Waals surface area contributed by atoms with Gasteiger partial charge in [-0.25, -0.2) is 4.39 Å². The summed E-state index contributed by atoms with van der Waals surface area (Å²) in [5.74, 6) is 1.12. The largest absolute Gasteiger partial charge is 0.207 e. The van der Waals surface area contributed by atoms with Gasteiger partial charge in [0.25, 0.3) is 0 Å². The van der Waals surface area contributed by atoms with Crippen molar-refractivity contribution < 1.29 is 4.39 Å². The van der Waals surface area contributed by atoms with Crippen molar-refractivity contribution in [2.75, 3.05) is 0 Å². The molecule has 0 saturated heterocycles. The predicted molar refractivity (Wildman–Crippen MR) is 83.2 cm³/mol. The lowest BCUT2D eigenvalue weighted by molar-refractivity contribution is 0.257. The Morgan fingerprint density at radius 1 is 1.32 bits per heavy atom. The average molecular weight is 348 g/mol. The summed E-state index contributed by atoms with van der Waals surface area (Å²) in [4.78, 5) is 0. The maximum absolute atomic E-state index is 13.4. The van der Waals surface area contributed by atoms with Gasteiger partial charge >= 0.3 is 0 Å². The second kappa shape index (κ2) is 7.08. The summed E-state index contributed by atoms with van der Waals surface area (Å²) >= 11 is 9.83. The smallest absolute Gasteiger partial charge is 0.124 e. The summed E-state index contributed by atoms with van der Waals surface area (Å²) in [6, 6.07) is 5.15. The average Bonchev–Trinajstić information content (AvgIpc) is 2.32. The fourth-order valence-corrected chi connectivity index (χ4v) is 4.07. The fraction of sp³-hybridized carbons (Fsp3) is 0.625. The second-order valence-corrected chi connectivity index (χ2v) is 7.20. The summed E-state index contributed by atoms with van der Waals surface area (Å²) in [5, 5.41) is 0.246. The van der Waals surface area contributed by atoms with Crippen LogP contribution >= 0.6 is 27.5 Å². The Balaban J connectivity index is 2.03. The highest BCUT2D eigenvalue weighted by molar-refractivity contribution is 9.10. The first-order chi connectivity index (χ1) is 9.08. The van der Waals surface area contributed by atoms with E-state index in [1.54, 1.807) is 6.07 Å². The molecule has 1 aromatic carbocycles. The van der Waals surface area contributed by atoms with Crippen molar-refractivity contribution in [2.24, 2.45) is 11.8 Å². The van der Waals surface area contributed by atoms with Gasteiger partial charge in [-0.05, 0) is 61.3 Å². The number of halogens is 3. The van der Waals surface area contributed by atoms with E-state index in [-0.39, 0.29) is 11.2 Å². The van der Waals surface area contributed by atoms with Crippen molar-refractivity contribution in [1.29, 1.82) is 0 Å². The van der Waals surface area contributed by atoms with E-state index >= 15 is 0 Å². The van der Waals surface area contributed by atoms with E-state index in [9.17, 15) is 4.39 Å². The lowest BCUT2D eigenvalue weighted by atomic mass is 9.76. The maximum Gasteiger partial charge on any atom is 0.124 e. The third kappa shape index (κ3) is 4.46. The molecule has 0 N–H and O–H groups in total. The van der Waals surface area contributed by atoms with Crippen LogP contribution in [0.15, 0.2) is 22.7 Å². The van der Waals surface area contributed by atoms with Gasteiger partial charge in [0.1, 0.15) is 5.82 Å². The molecule has 0 heterocycles. The Kier molecular flexibility index (Phi) is 5.70. The molecule has 0 radical (unpaired) electrons. The molecule has 1 aromatic rings. The van der Waals surface area contributed by atoms with Crippen molar-refractivity contribution in [2.45, 2.75) is 50.8 Å². The standard InChI is InChI=1S/C16H21BrClF/c1-2-3-11-4-5-16(18)13(6-11)7-12-8-14(17)10-15(19)9-12/h8-11,13,16H,2-7H2,1H3. The SMILES string of the molecule is CCCC1CCC(Cl)C(Cc2cc(F)cc(Br)c2)C1. The van der Waals surface area contributed by atoms with Gasteiger partial charge in [-0.15, -0.1) is 11.6 Å². The molecule has 1 fully saturated rings. The highest BCUT2D eigenvalue weighted by atomic mass is 79.9. The summed E-state index contributed by atoms with van der Waals surface area (Å²) in [6.45, 7) is 2.24. The number of benzene rings is 1. The van der Waals surface area contributed by atoms with Crippen molar-refractivity contribution in [3.05, 3.63) is 34.1 Å². The minimum Gasteiger partial charge on any atom is -0.207 e. The Labute approximate surface area is 128 Å². The third-order valence-corrected chi connectivity index (χ3v) is 5.15. The number of hydrogen-bond donors (Lipinski definition) is 0. The van der Waals surface area contributed by atoms with Gasteiger partial charge in [0.05, 0.1) is 0 Å². The van der Waals surface area contributed by atoms with E-state index < -0.39 is 0 Å². The zero-order valence-corrected chi connectivity index (χ0v) is 13.7. The summed E-state index contributed by atoms with van der Waals surface area (Å²) in [7, 11) is 0. The van der Waals surface area contributed by atoms with E-state index in [1.807, 2.05) is 6.07 Å². The summed E-state index contributed by atoms with van der Waals surface area (Å²) in [5.41, 5.74) is 1.06. The van der Waals surface area contributed by atoms with Gasteiger partial charge in [0.2, 0.25) is 0 Å². The quantitative estimate of drug-likeness (QED) is 0.590. The van der Waals surface area contributed by atoms with E-state index in [2.05, 4.69) is 22.9 Å². The molecular weight excluding hydrogens is 327 g/mol. The summed E-state index contributed by atoms with van der Waals surface area (Å²) in [6.07, 6.45) is 6.99. The Morgan fingerprint density at radius 2 is 2.11 bits per heavy atom. The van der Waals surface area contributed by atoms with Gasteiger partial charge in [-0.1, -0.05) is 35.7 Å². The van der Waals surface area contributed by atoms with E-state index in [0.717, 1.165) is 28.8 Å². The first-order valence-electron chi connectivity index (χ1n) is 7.17. The third-order valence-electron chi connectivity index (χ3n) is 4.12. The van der Waals surface area contributed by atoms with E-state index in [4.69, 9.17) is 11.6 Å². The molecular formula is C16H21BrClF. The maximum atomic E-state index is 13.4. The molecule has 1 aliphatic rings. The Hall–Kier alpha value is -0.0800. The molecule has 0 bridgehead atoms. The normalized spacial score (nSPS) is 27.5. The molecule has 0 nitrogen and oxygen atoms in total. The molecule has 3 unspecified atom stereocenters. The first-order valence-corrected chi connectivity index (χ1v) is 8.40. The number of rotatable bonds is 4. The van der Waals surface area contributed by atoms with Crippen LogP contribution in [0.1, 0.15) is 44.6 Å². The predicted octanol–water partition coefficient (Wildman–Crippen LogP) is 5.95. The lowest BCUT2D eigenvalue weighted by Gasteiger charge is -2.33. The lowest BCUT2D eigenvalue weighted by Crippen LogP contribution is -2.27. The Morgan fingerprint density at radius 3 is 2.79 bits per heavy atom. The molecule has 1 aliphatic carbocycles. The molecule has 0 spiro atoms. The van der Waals surface area contributed by atoms with Gasteiger partial charge in [0.15, 0.2) is 0 Å². The second-order valence-electron chi connectivity index (χ2n) is 5.73. The fourth-order valence-electron chi connectivity index (χ4n) is 3.24. The Bertz CT molecular complexity index is 401. The number of alkyl halides is 1. The highest BCUT2D eigenvalue weighted by Crippen LogP contribution is 2.37. The van der Waals surface area contributed by atoms with Crippen LogP contribution in [0, 0.1) is 17.7 Å². The van der Waals surface area contributed by atoms with E-state index in [0.29, 0.717) is 5.92 Å². The van der Waals surface area contributed by atoms with Crippen molar-refractivity contribution in [1.82, 2.24) is 0 Å². The topological polar surface area (TPSA) is 0 Å². The van der Waals surface area contributed by atoms with Crippen LogP contribution in [-0.2, 0) is 6.42 Å². The minimum atomic E-state index is -0.170. The molecule has 106 valence electrons. The first kappa shape index (κ1) is 15.3. The van der Waals surface area contributed by atoms with Crippen LogP contribution in [0.4, 0.5) is 4.39 Å². The van der Waals surface area contributed by atoms with Crippen LogP contribution < -0.4 is 0 Å². The van der Waals surface area contributed by atoms with Crippen LogP contribution in [0.25, 0.3) is 0 Å². The molecule has 0 aromatic heterocycles. The van der Waals surface area contributed by atoms with Crippen molar-refractivity contribution in [3.63, 3.8) is 0 Å². The summed E-state index contributed by atoms with van der Waals surface area (Å²) < 4.78 is 14.2. The minimum absolute atomic E-state index is 0.170. The van der Waals surface area contributed by atoms with Crippen LogP contribution in [0.2, 0.25) is 0 Å². The monoisotopic (exact) mass is 346 g/mol.